The molecule has 0 aliphatic rings. The molecule has 3 N–H and O–H groups in total. The van der Waals surface area contributed by atoms with Crippen LogP contribution in [0.1, 0.15) is 18.4 Å². The molecule has 1 aromatic carbocycles. The van der Waals surface area contributed by atoms with Crippen LogP contribution in [0.4, 0.5) is 11.4 Å². The minimum atomic E-state index is -0.479. The number of nitro groups is 1. The van der Waals surface area contributed by atoms with Crippen molar-refractivity contribution in [1.29, 1.82) is 0 Å². The number of hydrogen-bond acceptors (Lipinski definition) is 4. The highest BCUT2D eigenvalue weighted by molar-refractivity contribution is 6.33. The molecule has 94 valence electrons. The monoisotopic (exact) mass is 257 g/mol. The van der Waals surface area contributed by atoms with E-state index in [1.165, 1.54) is 6.07 Å². The van der Waals surface area contributed by atoms with Gasteiger partial charge >= 0.3 is 0 Å². The number of rotatable bonds is 6. The molecule has 1 aromatic rings. The van der Waals surface area contributed by atoms with E-state index in [0.717, 1.165) is 30.6 Å². The first-order valence-corrected chi connectivity index (χ1v) is 5.82. The van der Waals surface area contributed by atoms with Crippen molar-refractivity contribution in [2.45, 2.75) is 19.8 Å². The van der Waals surface area contributed by atoms with Crippen molar-refractivity contribution < 1.29 is 4.92 Å². The zero-order valence-corrected chi connectivity index (χ0v) is 10.5. The van der Waals surface area contributed by atoms with Gasteiger partial charge in [0.1, 0.15) is 5.02 Å². The molecule has 0 spiro atoms. The highest BCUT2D eigenvalue weighted by atomic mass is 35.5. The Hall–Kier alpha value is -1.33. The van der Waals surface area contributed by atoms with Crippen LogP contribution >= 0.6 is 11.6 Å². The van der Waals surface area contributed by atoms with Gasteiger partial charge in [-0.15, -0.1) is 0 Å². The van der Waals surface area contributed by atoms with E-state index in [9.17, 15) is 10.1 Å². The molecule has 0 fully saturated rings. The summed E-state index contributed by atoms with van der Waals surface area (Å²) in [6, 6.07) is 3.07. The van der Waals surface area contributed by atoms with E-state index in [2.05, 4.69) is 5.32 Å². The molecule has 5 nitrogen and oxygen atoms in total. The Morgan fingerprint density at radius 3 is 2.76 bits per heavy atom. The lowest BCUT2D eigenvalue weighted by Crippen LogP contribution is -2.06. The third kappa shape index (κ3) is 3.87. The maximum atomic E-state index is 10.7. The van der Waals surface area contributed by atoms with Crippen LogP contribution in [0.5, 0.6) is 0 Å². The quantitative estimate of drug-likeness (QED) is 0.466. The van der Waals surface area contributed by atoms with E-state index in [-0.39, 0.29) is 10.7 Å². The third-order valence-electron chi connectivity index (χ3n) is 2.44. The average molecular weight is 258 g/mol. The summed E-state index contributed by atoms with van der Waals surface area (Å²) in [6.45, 7) is 3.27. The van der Waals surface area contributed by atoms with Crippen molar-refractivity contribution in [2.75, 3.05) is 18.4 Å². The Balaban J connectivity index is 2.74. The van der Waals surface area contributed by atoms with Crippen LogP contribution < -0.4 is 11.1 Å². The second-order valence-corrected chi connectivity index (χ2v) is 4.21. The van der Waals surface area contributed by atoms with Crippen LogP contribution in [0.15, 0.2) is 12.1 Å². The van der Waals surface area contributed by atoms with Crippen molar-refractivity contribution in [1.82, 2.24) is 0 Å². The molecule has 0 bridgehead atoms. The molecule has 0 aliphatic carbocycles. The summed E-state index contributed by atoms with van der Waals surface area (Å²) < 4.78 is 0. The number of nitrogens with one attached hydrogen (secondary N) is 1. The number of hydrogen-bond donors (Lipinski definition) is 2. The summed E-state index contributed by atoms with van der Waals surface area (Å²) in [6.07, 6.45) is 1.91. The minimum Gasteiger partial charge on any atom is -0.385 e. The van der Waals surface area contributed by atoms with Gasteiger partial charge in [0.25, 0.3) is 5.69 Å². The van der Waals surface area contributed by atoms with Crippen LogP contribution in [0.2, 0.25) is 5.02 Å². The number of aryl methyl sites for hydroxylation is 1. The van der Waals surface area contributed by atoms with Crippen LogP contribution in [0.25, 0.3) is 0 Å². The molecule has 0 radical (unpaired) electrons. The Morgan fingerprint density at radius 1 is 1.47 bits per heavy atom. The number of nitrogens with two attached hydrogens (primary N) is 1. The standard InChI is InChI=1S/C11H16ClN3O2/c1-8-6-11(15(16)17)9(12)7-10(8)14-5-3-2-4-13/h6-7,14H,2-5,13H2,1H3. The summed E-state index contributed by atoms with van der Waals surface area (Å²) in [5, 5.41) is 14.0. The second kappa shape index (κ2) is 6.42. The third-order valence-corrected chi connectivity index (χ3v) is 2.74. The predicted molar refractivity (Wildman–Crippen MR) is 69.6 cm³/mol. The fraction of sp³-hybridized carbons (Fsp3) is 0.455. The fourth-order valence-electron chi connectivity index (χ4n) is 1.49. The van der Waals surface area contributed by atoms with Gasteiger partial charge < -0.3 is 11.1 Å². The number of anilines is 1. The number of nitrogens with zero attached hydrogens (tertiary/aromatic N) is 1. The van der Waals surface area contributed by atoms with Gasteiger partial charge in [-0.05, 0) is 37.9 Å². The molecule has 0 saturated carbocycles. The van der Waals surface area contributed by atoms with E-state index in [1.54, 1.807) is 6.07 Å². The van der Waals surface area contributed by atoms with E-state index < -0.39 is 4.92 Å². The molecule has 0 unspecified atom stereocenters. The molecule has 0 aromatic heterocycles. The van der Waals surface area contributed by atoms with Crippen LogP contribution in [0.3, 0.4) is 0 Å². The van der Waals surface area contributed by atoms with E-state index in [4.69, 9.17) is 17.3 Å². The summed E-state index contributed by atoms with van der Waals surface area (Å²) in [5.41, 5.74) is 6.98. The van der Waals surface area contributed by atoms with Gasteiger partial charge in [0, 0.05) is 18.3 Å². The predicted octanol–water partition coefficient (Wildman–Crippen LogP) is 2.71. The molecular formula is C11H16ClN3O2. The Morgan fingerprint density at radius 2 is 2.18 bits per heavy atom. The Labute approximate surface area is 105 Å². The molecule has 6 heteroatoms. The van der Waals surface area contributed by atoms with Crippen molar-refractivity contribution in [3.05, 3.63) is 32.8 Å². The molecular weight excluding hydrogens is 242 g/mol. The molecule has 0 saturated heterocycles. The summed E-state index contributed by atoms with van der Waals surface area (Å²) in [5.74, 6) is 0. The first-order valence-electron chi connectivity index (χ1n) is 5.44. The zero-order valence-electron chi connectivity index (χ0n) is 9.70. The molecule has 0 aliphatic heterocycles. The Bertz CT molecular complexity index is 410. The minimum absolute atomic E-state index is 0.0586. The maximum Gasteiger partial charge on any atom is 0.288 e. The number of nitro benzene ring substituents is 1. The van der Waals surface area contributed by atoms with E-state index >= 15 is 0 Å². The fourth-order valence-corrected chi connectivity index (χ4v) is 1.72. The topological polar surface area (TPSA) is 81.2 Å². The SMILES string of the molecule is Cc1cc([N+](=O)[O-])c(Cl)cc1NCCCCN. The van der Waals surface area contributed by atoms with E-state index in [1.807, 2.05) is 6.92 Å². The Kier molecular flexibility index (Phi) is 5.18. The molecule has 0 heterocycles. The van der Waals surface area contributed by atoms with Gasteiger partial charge in [-0.3, -0.25) is 10.1 Å². The summed E-state index contributed by atoms with van der Waals surface area (Å²) in [7, 11) is 0. The van der Waals surface area contributed by atoms with Crippen molar-refractivity contribution in [2.24, 2.45) is 5.73 Å². The maximum absolute atomic E-state index is 10.7. The van der Waals surface area contributed by atoms with Gasteiger partial charge in [-0.1, -0.05) is 11.6 Å². The zero-order chi connectivity index (χ0) is 12.8. The van der Waals surface area contributed by atoms with Crippen LogP contribution in [-0.4, -0.2) is 18.0 Å². The van der Waals surface area contributed by atoms with Gasteiger partial charge in [-0.2, -0.15) is 0 Å². The lowest BCUT2D eigenvalue weighted by Gasteiger charge is -2.09. The van der Waals surface area contributed by atoms with Gasteiger partial charge in [0.05, 0.1) is 4.92 Å². The molecule has 17 heavy (non-hydrogen) atoms. The number of unbranched alkanes of at least 4 members (excludes halogenated alkanes) is 1. The first-order chi connectivity index (χ1) is 8.06. The second-order valence-electron chi connectivity index (χ2n) is 3.80. The summed E-state index contributed by atoms with van der Waals surface area (Å²) in [4.78, 5) is 10.2. The normalized spacial score (nSPS) is 10.3. The molecule has 1 rings (SSSR count). The largest absolute Gasteiger partial charge is 0.385 e. The van der Waals surface area contributed by atoms with Crippen LogP contribution in [-0.2, 0) is 0 Å². The highest BCUT2D eigenvalue weighted by Crippen LogP contribution is 2.30. The smallest absolute Gasteiger partial charge is 0.288 e. The van der Waals surface area contributed by atoms with Crippen molar-refractivity contribution in [3.63, 3.8) is 0 Å². The van der Waals surface area contributed by atoms with Gasteiger partial charge in [0.15, 0.2) is 0 Å². The highest BCUT2D eigenvalue weighted by Gasteiger charge is 2.14. The van der Waals surface area contributed by atoms with Crippen molar-refractivity contribution >= 4 is 23.0 Å². The molecule has 0 atom stereocenters. The number of benzene rings is 1. The summed E-state index contributed by atoms with van der Waals surface area (Å²) >= 11 is 5.83. The van der Waals surface area contributed by atoms with Gasteiger partial charge in [0.2, 0.25) is 0 Å². The number of halogens is 1. The average Bonchev–Trinajstić information content (AvgIpc) is 2.28. The first kappa shape index (κ1) is 13.7. The van der Waals surface area contributed by atoms with Crippen molar-refractivity contribution in [3.8, 4) is 0 Å². The van der Waals surface area contributed by atoms with E-state index in [0.29, 0.717) is 6.54 Å². The van der Waals surface area contributed by atoms with Gasteiger partial charge in [-0.25, -0.2) is 0 Å². The van der Waals surface area contributed by atoms with Crippen LogP contribution in [0, 0.1) is 17.0 Å². The lowest BCUT2D eigenvalue weighted by molar-refractivity contribution is -0.384. The molecule has 0 amide bonds. The lowest BCUT2D eigenvalue weighted by atomic mass is 10.1.